The van der Waals surface area contributed by atoms with Gasteiger partial charge in [0.2, 0.25) is 0 Å². The first-order valence-corrected chi connectivity index (χ1v) is 31.4. The van der Waals surface area contributed by atoms with Crippen LogP contribution in [-0.4, -0.2) is 0 Å². The summed E-state index contributed by atoms with van der Waals surface area (Å²) in [6.45, 7) is 34.6. The monoisotopic (exact) mass is 1260 g/mol. The predicted molar refractivity (Wildman–Crippen MR) is 342 cm³/mol. The molecule has 0 aliphatic rings. The summed E-state index contributed by atoms with van der Waals surface area (Å²) in [5.41, 5.74) is 27.6. The van der Waals surface area contributed by atoms with E-state index in [9.17, 15) is 4.39 Å². The van der Waals surface area contributed by atoms with Crippen molar-refractivity contribution in [2.75, 3.05) is 0 Å². The molecule has 468 valence electrons. The van der Waals surface area contributed by atoms with Crippen molar-refractivity contribution in [2.45, 2.75) is 129 Å². The smallest absolute Gasteiger partial charge is 0.222 e. The van der Waals surface area contributed by atoms with Gasteiger partial charge in [-0.25, -0.2) is 54.9 Å². The molecule has 0 atom stereocenters. The maximum Gasteiger partial charge on any atom is 0.361 e. The second-order valence-electron chi connectivity index (χ2n) is 25.1. The first-order chi connectivity index (χ1) is 41.4. The van der Waals surface area contributed by atoms with Crippen LogP contribution in [0.2, 0.25) is 0 Å². The number of para-hydroxylation sites is 2. The van der Waals surface area contributed by atoms with E-state index in [0.717, 1.165) is 72.1 Å². The highest BCUT2D eigenvalue weighted by Crippen LogP contribution is 2.44. The van der Waals surface area contributed by atoms with Crippen LogP contribution < -0.4 is 37.3 Å². The number of rotatable bonds is 3. The molecule has 0 aliphatic carbocycles. The van der Waals surface area contributed by atoms with E-state index in [1.54, 1.807) is 12.1 Å². The molecule has 9 aromatic carbocycles. The third-order valence-electron chi connectivity index (χ3n) is 15.6. The Hall–Kier alpha value is -7.82. The van der Waals surface area contributed by atoms with E-state index in [-0.39, 0.29) is 24.1 Å². The van der Waals surface area contributed by atoms with Crippen molar-refractivity contribution in [3.8, 4) is 33.4 Å². The quantitative estimate of drug-likeness (QED) is 0.120. The molecule has 0 radical (unpaired) electrons. The number of hydrogen-bond acceptors (Lipinski definition) is 8. The summed E-state index contributed by atoms with van der Waals surface area (Å²) in [5.74, 6) is -0.196. The fraction of sp³-hybridized carbons (Fsp3) is 0.250. The van der Waals surface area contributed by atoms with Crippen molar-refractivity contribution in [3.05, 3.63) is 230 Å². The predicted octanol–water partition coefficient (Wildman–Crippen LogP) is 13.5. The first-order valence-electron chi connectivity index (χ1n) is 29.0. The second kappa shape index (κ2) is 27.3. The van der Waals surface area contributed by atoms with Crippen LogP contribution >= 0.6 is 0 Å². The first kappa shape index (κ1) is 69.7. The van der Waals surface area contributed by atoms with Crippen molar-refractivity contribution in [1.29, 1.82) is 0 Å². The second-order valence-corrected chi connectivity index (χ2v) is 26.6. The van der Waals surface area contributed by atoms with Crippen LogP contribution in [0.15, 0.2) is 171 Å². The molecule has 12 aromatic rings. The summed E-state index contributed by atoms with van der Waals surface area (Å²) in [4.78, 5) is 0. The molecule has 0 bridgehead atoms. The van der Waals surface area contributed by atoms with Crippen molar-refractivity contribution in [2.24, 2.45) is 0 Å². The largest absolute Gasteiger partial charge is 0.361 e. The highest BCUT2D eigenvalue weighted by Gasteiger charge is 2.28. The maximum atomic E-state index is 14.0. The number of hydrogen-bond donors (Lipinski definition) is 0. The van der Waals surface area contributed by atoms with Crippen LogP contribution in [0.1, 0.15) is 116 Å². The van der Waals surface area contributed by atoms with Gasteiger partial charge in [-0.3, -0.25) is 0 Å². The summed E-state index contributed by atoms with van der Waals surface area (Å²) in [6.07, 6.45) is 0. The van der Waals surface area contributed by atoms with Crippen molar-refractivity contribution in [3.63, 3.8) is 0 Å². The summed E-state index contributed by atoms with van der Waals surface area (Å²) in [7, 11) is -9.89. The van der Waals surface area contributed by atoms with Gasteiger partial charge in [0, 0.05) is 53.1 Å². The lowest BCUT2D eigenvalue weighted by atomic mass is 9.85. The number of halogens is 3. The van der Waals surface area contributed by atoms with Crippen molar-refractivity contribution < 1.29 is 75.4 Å². The van der Waals surface area contributed by atoms with Crippen molar-refractivity contribution in [1.82, 2.24) is 0 Å². The molecule has 0 saturated carbocycles. The summed E-state index contributed by atoms with van der Waals surface area (Å²) in [5, 5.41) is 6.81. The molecule has 14 heteroatoms. The SMILES string of the molecule is C.Cc1cc(C)c(-c2c3ccc(C)cc3[o+]c3cc(C(C)(C)C)ccc23)c(C)c1.Cc1cc(C)c(-c2c3ccccc3[o+]c3ccccc23)c(C)c1.Cc1ccc2c(-c3c(C)cc(F)cc3C)c3ccc(C(C)(C)C)cc3[o+]c2c1.[O-][Cl+3]([O-])([O-])[O-].[O-][Cl+3]([O-])([O-])[O-]. The fourth-order valence-electron chi connectivity index (χ4n) is 12.0. The molecule has 0 N–H and O–H groups in total. The van der Waals surface area contributed by atoms with Gasteiger partial charge in [0.1, 0.15) is 5.82 Å². The molecule has 0 spiro atoms. The fourth-order valence-corrected chi connectivity index (χ4v) is 12.0. The zero-order valence-electron chi connectivity index (χ0n) is 53.1. The van der Waals surface area contributed by atoms with Crippen LogP contribution in [0.25, 0.3) is 99.2 Å². The van der Waals surface area contributed by atoms with Crippen LogP contribution in [0.3, 0.4) is 0 Å². The van der Waals surface area contributed by atoms with Gasteiger partial charge in [0.05, 0.1) is 32.3 Å². The highest BCUT2D eigenvalue weighted by atomic mass is 35.7. The Morgan fingerprint density at radius 3 is 0.833 bits per heavy atom. The van der Waals surface area contributed by atoms with E-state index in [2.05, 4.69) is 218 Å². The van der Waals surface area contributed by atoms with Gasteiger partial charge >= 0.3 is 33.5 Å². The highest BCUT2D eigenvalue weighted by molar-refractivity contribution is 6.11. The number of aryl methyl sites for hydroxylation is 10. The van der Waals surface area contributed by atoms with E-state index in [1.165, 1.54) is 93.9 Å². The molecular weight excluding hydrogens is 1180 g/mol. The van der Waals surface area contributed by atoms with E-state index in [1.807, 2.05) is 38.1 Å². The Kier molecular flexibility index (Phi) is 21.2. The van der Waals surface area contributed by atoms with Crippen LogP contribution in [0, 0.1) is 95.5 Å². The average molecular weight is 1260 g/mol. The van der Waals surface area contributed by atoms with Gasteiger partial charge in [-0.05, 0) is 201 Å². The van der Waals surface area contributed by atoms with Gasteiger partial charge in [-0.1, -0.05) is 133 Å². The molecule has 12 rings (SSSR count). The van der Waals surface area contributed by atoms with Gasteiger partial charge in [-0.15, -0.1) is 20.5 Å². The molecule has 0 unspecified atom stereocenters. The standard InChI is InChI=1S/C27H29O.C26H26FO.C22H19O.CH4.2ClHO4/c1-16-8-10-21-23(14-16)28-24-15-20(27(5,6)7)9-11-22(24)26(21)25-18(3)12-17(2)13-19(25)4;1-15-7-9-20-22(11-15)28-23-14-18(26(4,5)6)8-10-21(23)25(20)24-16(2)12-19(27)13-17(24)3;1-14-12-15(2)21(16(3)13-14)22-17-8-4-6-10-19(17)23-20-11-7-5-9-18(20)22;;2*2-1(3,4)5/h8-15H,1-7H3;7-14H,1-6H3;4-13H,1-3H3;1H4;2*(H,2,3,4,5)/q3*+1;;;/p-2. The van der Waals surface area contributed by atoms with E-state index < -0.39 is 20.5 Å². The molecule has 3 aromatic heterocycles. The van der Waals surface area contributed by atoms with E-state index in [4.69, 9.17) is 50.5 Å². The molecule has 90 heavy (non-hydrogen) atoms. The molecule has 3 heterocycles. The normalized spacial score (nSPS) is 11.7. The van der Waals surface area contributed by atoms with Crippen LogP contribution in [-0.2, 0) is 10.8 Å². The summed E-state index contributed by atoms with van der Waals surface area (Å²) in [6, 6.07) is 54.9. The Morgan fingerprint density at radius 1 is 0.289 bits per heavy atom. The molecule has 0 fully saturated rings. The van der Waals surface area contributed by atoms with Gasteiger partial charge in [0.25, 0.3) is 0 Å². The molecule has 0 amide bonds. The van der Waals surface area contributed by atoms with Gasteiger partial charge < -0.3 is 0 Å². The molecule has 0 saturated heterocycles. The molecule has 11 nitrogen and oxygen atoms in total. The van der Waals surface area contributed by atoms with Crippen LogP contribution in [0.4, 0.5) is 4.39 Å². The topological polar surface area (TPSA) is 218 Å². The lowest BCUT2D eigenvalue weighted by Gasteiger charge is -2.19. The van der Waals surface area contributed by atoms with E-state index >= 15 is 0 Å². The van der Waals surface area contributed by atoms with Crippen LogP contribution in [0.5, 0.6) is 0 Å². The minimum Gasteiger partial charge on any atom is -0.222 e. The Morgan fingerprint density at radius 2 is 0.533 bits per heavy atom. The average Bonchev–Trinajstić information content (AvgIpc) is 0.800. The molecular formula is C76H78Cl2FO11+. The summed E-state index contributed by atoms with van der Waals surface area (Å²) < 4.78 is 101. The maximum absolute atomic E-state index is 14.0. The third kappa shape index (κ3) is 16.6. The van der Waals surface area contributed by atoms with Gasteiger partial charge in [0.15, 0.2) is 0 Å². The minimum atomic E-state index is -4.94. The number of benzene rings is 9. The minimum absolute atomic E-state index is 0. The Balaban J connectivity index is 0.000000178. The summed E-state index contributed by atoms with van der Waals surface area (Å²) >= 11 is 0. The van der Waals surface area contributed by atoms with E-state index in [0.29, 0.717) is 0 Å². The lowest BCUT2D eigenvalue weighted by Crippen LogP contribution is -2.68. The zero-order chi connectivity index (χ0) is 65.4. The lowest BCUT2D eigenvalue weighted by molar-refractivity contribution is -2.00. The van der Waals surface area contributed by atoms with Gasteiger partial charge in [-0.2, -0.15) is 0 Å². The zero-order valence-corrected chi connectivity index (χ0v) is 54.6. The van der Waals surface area contributed by atoms with Crippen molar-refractivity contribution >= 4 is 65.8 Å². The number of fused-ring (bicyclic) bond motifs is 6. The Bertz CT molecular complexity index is 4300. The third-order valence-corrected chi connectivity index (χ3v) is 15.6. The Labute approximate surface area is 531 Å². The molecule has 0 aliphatic heterocycles.